The fourth-order valence-corrected chi connectivity index (χ4v) is 5.62. The lowest BCUT2D eigenvalue weighted by Gasteiger charge is -2.28. The fraction of sp³-hybridized carbons (Fsp3) is 0.444. The number of aromatic nitrogens is 2. The van der Waals surface area contributed by atoms with Gasteiger partial charge in [-0.05, 0) is 110 Å². The topological polar surface area (TPSA) is 100 Å². The molecule has 1 heterocycles. The number of amides is 1. The van der Waals surface area contributed by atoms with E-state index >= 15 is 0 Å². The molecule has 37 heavy (non-hydrogen) atoms. The highest BCUT2D eigenvalue weighted by Gasteiger charge is 2.22. The maximum atomic E-state index is 12.1. The van der Waals surface area contributed by atoms with Gasteiger partial charge >= 0.3 is 6.09 Å². The molecule has 3 aromatic rings. The maximum Gasteiger partial charge on any atom is 0.426 e. The average molecular weight is 588 g/mol. The number of benzene rings is 2. The van der Waals surface area contributed by atoms with Crippen molar-refractivity contribution in [3.63, 3.8) is 0 Å². The predicted octanol–water partition coefficient (Wildman–Crippen LogP) is 6.76. The number of nitrogens with one attached hydrogen (secondary N) is 4. The first kappa shape index (κ1) is 27.5. The van der Waals surface area contributed by atoms with Gasteiger partial charge in [0.1, 0.15) is 5.60 Å². The molecule has 1 saturated carbocycles. The van der Waals surface area contributed by atoms with Crippen LogP contribution < -0.4 is 20.9 Å². The van der Waals surface area contributed by atoms with E-state index < -0.39 is 11.7 Å². The Labute approximate surface area is 231 Å². The maximum absolute atomic E-state index is 12.1. The van der Waals surface area contributed by atoms with Gasteiger partial charge in [0.05, 0.1) is 5.52 Å². The molecule has 0 unspecified atom stereocenters. The van der Waals surface area contributed by atoms with Gasteiger partial charge < -0.3 is 10.1 Å². The summed E-state index contributed by atoms with van der Waals surface area (Å²) in [5.41, 5.74) is 5.69. The van der Waals surface area contributed by atoms with Crippen LogP contribution in [0.2, 0.25) is 0 Å². The van der Waals surface area contributed by atoms with Gasteiger partial charge in [-0.2, -0.15) is 4.98 Å². The number of anilines is 2. The molecule has 1 aliphatic rings. The van der Waals surface area contributed by atoms with Gasteiger partial charge in [-0.15, -0.1) is 0 Å². The summed E-state index contributed by atoms with van der Waals surface area (Å²) in [5, 5.41) is 4.24. The molecule has 1 amide bonds. The second-order valence-electron chi connectivity index (χ2n) is 10.3. The van der Waals surface area contributed by atoms with E-state index in [2.05, 4.69) is 65.0 Å². The number of ether oxygens (including phenoxy) is 1. The number of nitrogens with zero attached hydrogens (tertiary/aromatic N) is 2. The zero-order valence-corrected chi connectivity index (χ0v) is 23.9. The molecule has 4 rings (SSSR count). The largest absolute Gasteiger partial charge is 0.443 e. The van der Waals surface area contributed by atoms with Crippen molar-refractivity contribution in [2.75, 3.05) is 23.8 Å². The van der Waals surface area contributed by atoms with E-state index in [0.717, 1.165) is 28.5 Å². The van der Waals surface area contributed by atoms with Crippen molar-refractivity contribution in [2.45, 2.75) is 57.0 Å². The SMILES string of the molecule is CC(C)(C)OC(=O)NNc1nc(NCC2CCC(CNSc3ccccc3Br)CC2)nc2ccccc12. The molecule has 0 spiro atoms. The van der Waals surface area contributed by atoms with E-state index in [-0.39, 0.29) is 0 Å². The van der Waals surface area contributed by atoms with Gasteiger partial charge in [0.15, 0.2) is 5.82 Å². The zero-order chi connectivity index (χ0) is 26.3. The highest BCUT2D eigenvalue weighted by Crippen LogP contribution is 2.30. The Kier molecular flexibility index (Phi) is 9.50. The number of hydrogen-bond donors (Lipinski definition) is 4. The molecule has 0 saturated heterocycles. The smallest absolute Gasteiger partial charge is 0.426 e. The van der Waals surface area contributed by atoms with Crippen LogP contribution in [0.15, 0.2) is 57.9 Å². The van der Waals surface area contributed by atoms with Crippen LogP contribution in [-0.2, 0) is 4.74 Å². The Bertz CT molecular complexity index is 1200. The summed E-state index contributed by atoms with van der Waals surface area (Å²) in [6.07, 6.45) is 4.21. The Hall–Kier alpha value is -2.56. The summed E-state index contributed by atoms with van der Waals surface area (Å²) in [5.74, 6) is 2.34. The number of rotatable bonds is 9. The molecule has 1 aliphatic carbocycles. The zero-order valence-electron chi connectivity index (χ0n) is 21.5. The van der Waals surface area contributed by atoms with Crippen molar-refractivity contribution in [3.05, 3.63) is 53.0 Å². The Morgan fingerprint density at radius 3 is 2.41 bits per heavy atom. The number of carbonyl (C=O) groups is 1. The van der Waals surface area contributed by atoms with Crippen LogP contribution in [0.4, 0.5) is 16.6 Å². The van der Waals surface area contributed by atoms with Crippen molar-refractivity contribution < 1.29 is 9.53 Å². The summed E-state index contributed by atoms with van der Waals surface area (Å²) in [4.78, 5) is 22.6. The van der Waals surface area contributed by atoms with Gasteiger partial charge in [-0.3, -0.25) is 10.1 Å². The quantitative estimate of drug-likeness (QED) is 0.161. The second kappa shape index (κ2) is 12.8. The number of para-hydroxylation sites is 1. The summed E-state index contributed by atoms with van der Waals surface area (Å²) >= 11 is 5.30. The van der Waals surface area contributed by atoms with Gasteiger partial charge in [0, 0.05) is 27.8 Å². The van der Waals surface area contributed by atoms with Crippen LogP contribution in [0.25, 0.3) is 10.9 Å². The minimum atomic E-state index is -0.584. The molecule has 8 nitrogen and oxygen atoms in total. The monoisotopic (exact) mass is 586 g/mol. The first-order valence-electron chi connectivity index (χ1n) is 12.7. The van der Waals surface area contributed by atoms with Gasteiger partial charge in [-0.1, -0.05) is 24.3 Å². The highest BCUT2D eigenvalue weighted by atomic mass is 79.9. The molecule has 10 heteroatoms. The highest BCUT2D eigenvalue weighted by molar-refractivity contribution is 9.10. The van der Waals surface area contributed by atoms with Crippen LogP contribution in [0.1, 0.15) is 46.5 Å². The molecule has 198 valence electrons. The minimum Gasteiger partial charge on any atom is -0.443 e. The van der Waals surface area contributed by atoms with E-state index in [1.165, 1.54) is 30.6 Å². The number of halogens is 1. The number of fused-ring (bicyclic) bond motifs is 1. The van der Waals surface area contributed by atoms with E-state index in [0.29, 0.717) is 23.6 Å². The van der Waals surface area contributed by atoms with Crippen LogP contribution in [-0.4, -0.2) is 34.8 Å². The average Bonchev–Trinajstić information content (AvgIpc) is 2.87. The molecule has 4 N–H and O–H groups in total. The Morgan fingerprint density at radius 1 is 1.00 bits per heavy atom. The first-order valence-corrected chi connectivity index (χ1v) is 14.3. The summed E-state index contributed by atoms with van der Waals surface area (Å²) in [6, 6.07) is 16.0. The number of hydrogen-bond acceptors (Lipinski definition) is 8. The first-order chi connectivity index (χ1) is 17.8. The molecule has 0 radical (unpaired) electrons. The molecule has 0 bridgehead atoms. The van der Waals surface area contributed by atoms with Crippen molar-refractivity contribution in [1.29, 1.82) is 0 Å². The van der Waals surface area contributed by atoms with Crippen LogP contribution >= 0.6 is 27.9 Å². The number of hydrazine groups is 1. The van der Waals surface area contributed by atoms with E-state index in [9.17, 15) is 4.79 Å². The lowest BCUT2D eigenvalue weighted by Crippen LogP contribution is -2.36. The third-order valence-electron chi connectivity index (χ3n) is 6.19. The molecule has 0 atom stereocenters. The summed E-state index contributed by atoms with van der Waals surface area (Å²) in [7, 11) is 0. The lowest BCUT2D eigenvalue weighted by molar-refractivity contribution is 0.0541. The molecule has 0 aliphatic heterocycles. The minimum absolute atomic E-state index is 0.524. The number of carbonyl (C=O) groups excluding carboxylic acids is 1. The summed E-state index contributed by atoms with van der Waals surface area (Å²) < 4.78 is 9.98. The van der Waals surface area contributed by atoms with Crippen LogP contribution in [0, 0.1) is 11.8 Å². The Balaban J connectivity index is 1.26. The molecule has 2 aromatic carbocycles. The van der Waals surface area contributed by atoms with Crippen LogP contribution in [0.3, 0.4) is 0 Å². The molecular formula is C27H35BrN6O2S. The Morgan fingerprint density at radius 2 is 1.68 bits per heavy atom. The summed E-state index contributed by atoms with van der Waals surface area (Å²) in [6.45, 7) is 7.30. The van der Waals surface area contributed by atoms with E-state index in [4.69, 9.17) is 4.74 Å². The lowest BCUT2D eigenvalue weighted by atomic mass is 9.82. The van der Waals surface area contributed by atoms with Gasteiger partial charge in [0.2, 0.25) is 5.95 Å². The third-order valence-corrected chi connectivity index (χ3v) is 8.03. The van der Waals surface area contributed by atoms with Crippen LogP contribution in [0.5, 0.6) is 0 Å². The van der Waals surface area contributed by atoms with E-state index in [1.807, 2.05) is 51.1 Å². The third kappa shape index (κ3) is 8.48. The standard InChI is InChI=1S/C27H35BrN6O2S/c1-27(2,3)36-26(35)34-33-24-20-8-4-6-10-22(20)31-25(32-24)29-16-18-12-14-19(15-13-18)17-30-37-23-11-7-5-9-21(23)28/h4-11,18-19,30H,12-17H2,1-3H3,(H,34,35)(H2,29,31,32,33). The van der Waals surface area contributed by atoms with E-state index in [1.54, 1.807) is 11.9 Å². The second-order valence-corrected chi connectivity index (χ2v) is 12.1. The predicted molar refractivity (Wildman–Crippen MR) is 154 cm³/mol. The van der Waals surface area contributed by atoms with Crippen molar-refractivity contribution >= 4 is 56.6 Å². The van der Waals surface area contributed by atoms with Crippen molar-refractivity contribution in [1.82, 2.24) is 20.1 Å². The molecular weight excluding hydrogens is 552 g/mol. The van der Waals surface area contributed by atoms with Crippen molar-refractivity contribution in [3.8, 4) is 0 Å². The van der Waals surface area contributed by atoms with Gasteiger partial charge in [-0.25, -0.2) is 15.2 Å². The van der Waals surface area contributed by atoms with Crippen molar-refractivity contribution in [2.24, 2.45) is 11.8 Å². The normalized spacial score (nSPS) is 17.8. The fourth-order valence-electron chi connectivity index (χ4n) is 4.30. The molecule has 1 aromatic heterocycles. The van der Waals surface area contributed by atoms with Gasteiger partial charge in [0.25, 0.3) is 0 Å². The molecule has 1 fully saturated rings.